The van der Waals surface area contributed by atoms with Crippen LogP contribution in [0.25, 0.3) is 0 Å². The van der Waals surface area contributed by atoms with Crippen LogP contribution in [-0.4, -0.2) is 142 Å². The van der Waals surface area contributed by atoms with Gasteiger partial charge in [0, 0.05) is 25.5 Å². The van der Waals surface area contributed by atoms with Crippen LogP contribution >= 0.6 is 0 Å². The molecule has 4 saturated carbocycles. The van der Waals surface area contributed by atoms with E-state index in [0.717, 1.165) is 37.7 Å². The number of fused-ring (bicyclic) bond motifs is 5. The maximum atomic E-state index is 12.6. The monoisotopic (exact) mass is 768 g/mol. The predicted molar refractivity (Wildman–Crippen MR) is 186 cm³/mol. The Hall–Kier alpha value is -1.76. The fraction of sp³-hybridized carbons (Fsp3) is 0.897. The zero-order valence-electron chi connectivity index (χ0n) is 32.0. The fourth-order valence-electron chi connectivity index (χ4n) is 12.1. The highest BCUT2D eigenvalue weighted by molar-refractivity contribution is 5.85. The van der Waals surface area contributed by atoms with Crippen molar-refractivity contribution in [3.05, 3.63) is 11.6 Å². The van der Waals surface area contributed by atoms with Crippen molar-refractivity contribution in [2.45, 2.75) is 158 Å². The second-order valence-corrected chi connectivity index (χ2v) is 17.7. The Morgan fingerprint density at radius 2 is 1.61 bits per heavy atom. The summed E-state index contributed by atoms with van der Waals surface area (Å²) < 4.78 is 40.9. The fourth-order valence-corrected chi connectivity index (χ4v) is 12.1. The molecular formula is C39H60O15. The highest BCUT2D eigenvalue weighted by Crippen LogP contribution is 2.71. The molecule has 18 atom stereocenters. The van der Waals surface area contributed by atoms with E-state index >= 15 is 0 Å². The molecule has 0 aromatic heterocycles. The zero-order chi connectivity index (χ0) is 39.0. The molecule has 6 N–H and O–H groups in total. The van der Waals surface area contributed by atoms with E-state index in [1.807, 2.05) is 0 Å². The van der Waals surface area contributed by atoms with Crippen molar-refractivity contribution < 1.29 is 73.4 Å². The lowest BCUT2D eigenvalue weighted by molar-refractivity contribution is -0.358. The second kappa shape index (κ2) is 14.9. The maximum absolute atomic E-state index is 12.6. The molecule has 0 unspecified atom stereocenters. The number of cyclic esters (lactones) is 1. The largest absolute Gasteiger partial charge is 0.458 e. The van der Waals surface area contributed by atoms with E-state index < -0.39 is 90.6 Å². The van der Waals surface area contributed by atoms with E-state index in [1.54, 1.807) is 13.0 Å². The number of methoxy groups -OCH3 is 1. The Balaban J connectivity index is 1.01. The molecule has 0 aromatic carbocycles. The number of carbonyl (C=O) groups excluding carboxylic acids is 2. The average Bonchev–Trinajstić information content (AvgIpc) is 3.68. The number of aliphatic hydroxyl groups is 6. The van der Waals surface area contributed by atoms with Crippen molar-refractivity contribution in [2.75, 3.05) is 26.9 Å². The van der Waals surface area contributed by atoms with Gasteiger partial charge in [-0.2, -0.15) is 0 Å². The summed E-state index contributed by atoms with van der Waals surface area (Å²) in [6.45, 7) is 7.24. The zero-order valence-corrected chi connectivity index (χ0v) is 32.0. The summed E-state index contributed by atoms with van der Waals surface area (Å²) >= 11 is 0. The molecule has 15 heteroatoms. The van der Waals surface area contributed by atoms with Crippen LogP contribution in [0.3, 0.4) is 0 Å². The predicted octanol–water partition coefficient (Wildman–Crippen LogP) is 0.868. The van der Waals surface area contributed by atoms with Crippen LogP contribution in [0.4, 0.5) is 0 Å². The van der Waals surface area contributed by atoms with Gasteiger partial charge in [-0.15, -0.1) is 0 Å². The standard InChI is InChI=1S/C39H60O15/c1-19-31(54-34-30(45)29(44)28(43)26(16-40)53-34)32(48-5)33(52-20(2)41)35(51-19)50-17-21-6-10-36(3)24-7-11-37(4)23(22-14-27(42)49-18-22)9-13-39(37,47)25(24)8-12-38(36,46)15-21/h14,19,21,23-26,28-35,40,43-47H,6-13,15-18H2,1-5H3/t19-,21+,23+,24+,25-,26-,28-,29+,30-,31+,32+,33-,34+,35-,36-,37-,38+,39+/m1/s1. The smallest absolute Gasteiger partial charge is 0.331 e. The first-order chi connectivity index (χ1) is 25.5. The average molecular weight is 769 g/mol. The molecule has 2 saturated heterocycles. The van der Waals surface area contributed by atoms with Gasteiger partial charge in [-0.05, 0) is 99.4 Å². The second-order valence-electron chi connectivity index (χ2n) is 17.7. The number of esters is 2. The van der Waals surface area contributed by atoms with E-state index in [0.29, 0.717) is 32.3 Å². The van der Waals surface area contributed by atoms with Gasteiger partial charge < -0.3 is 63.8 Å². The topological polar surface area (TPSA) is 220 Å². The van der Waals surface area contributed by atoms with E-state index in [9.17, 15) is 40.2 Å². The molecule has 0 radical (unpaired) electrons. The number of rotatable bonds is 9. The number of hydrogen-bond donors (Lipinski definition) is 6. The summed E-state index contributed by atoms with van der Waals surface area (Å²) in [4.78, 5) is 24.3. The molecule has 306 valence electrons. The lowest BCUT2D eigenvalue weighted by atomic mass is 9.41. The van der Waals surface area contributed by atoms with Crippen molar-refractivity contribution in [2.24, 2.45) is 34.5 Å². The molecule has 0 spiro atoms. The van der Waals surface area contributed by atoms with Crippen molar-refractivity contribution >= 4 is 11.9 Å². The molecule has 54 heavy (non-hydrogen) atoms. The molecule has 0 bridgehead atoms. The van der Waals surface area contributed by atoms with Gasteiger partial charge in [0.05, 0.1) is 30.5 Å². The lowest BCUT2D eigenvalue weighted by Crippen LogP contribution is -2.67. The van der Waals surface area contributed by atoms with Crippen molar-refractivity contribution in [1.29, 1.82) is 0 Å². The van der Waals surface area contributed by atoms with Crippen molar-refractivity contribution in [3.63, 3.8) is 0 Å². The molecule has 7 rings (SSSR count). The van der Waals surface area contributed by atoms with Gasteiger partial charge in [0.15, 0.2) is 18.7 Å². The number of aliphatic hydroxyl groups excluding tert-OH is 4. The van der Waals surface area contributed by atoms with Gasteiger partial charge in [-0.1, -0.05) is 13.8 Å². The molecule has 6 fully saturated rings. The number of carbonyl (C=O) groups is 2. The molecule has 4 aliphatic carbocycles. The van der Waals surface area contributed by atoms with Crippen molar-refractivity contribution in [1.82, 2.24) is 0 Å². The molecular weight excluding hydrogens is 708 g/mol. The molecule has 7 aliphatic rings. The summed E-state index contributed by atoms with van der Waals surface area (Å²) in [6.07, 6.45) is -4.21. The van der Waals surface area contributed by atoms with Crippen molar-refractivity contribution in [3.8, 4) is 0 Å². The minimum atomic E-state index is -1.65. The molecule has 0 aromatic rings. The maximum Gasteiger partial charge on any atom is 0.331 e. The van der Waals surface area contributed by atoms with Crippen LogP contribution < -0.4 is 0 Å². The molecule has 3 heterocycles. The third-order valence-corrected chi connectivity index (χ3v) is 15.2. The van der Waals surface area contributed by atoms with E-state index in [1.165, 1.54) is 14.0 Å². The first-order valence-electron chi connectivity index (χ1n) is 19.7. The van der Waals surface area contributed by atoms with Gasteiger partial charge in [-0.25, -0.2) is 4.79 Å². The SMILES string of the molecule is CO[C@H]1[C@@H](O[C@@H]2O[C@H](CO)[C@@H](O)[C@H](O)[C@H]2O)[C@@H](C)O[C@@H](OC[C@H]2CC[C@]3(C)[C@H]4CC[C@]5(C)[C@H](C6=CC(=O)OC6)CC[C@]5(O)[C@@H]4CC[C@]3(O)C2)[C@@H]1OC(C)=O. The summed E-state index contributed by atoms with van der Waals surface area (Å²) in [6, 6.07) is 0. The van der Waals surface area contributed by atoms with Crippen LogP contribution in [-0.2, 0) is 42.7 Å². The molecule has 15 nitrogen and oxygen atoms in total. The van der Waals surface area contributed by atoms with E-state index in [-0.39, 0.29) is 41.7 Å². The Morgan fingerprint density at radius 3 is 2.28 bits per heavy atom. The third kappa shape index (κ3) is 6.47. The Labute approximate surface area is 316 Å². The summed E-state index contributed by atoms with van der Waals surface area (Å²) in [5, 5.41) is 65.8. The van der Waals surface area contributed by atoms with Gasteiger partial charge in [-0.3, -0.25) is 4.79 Å². The van der Waals surface area contributed by atoms with E-state index in [2.05, 4.69) is 13.8 Å². The van der Waals surface area contributed by atoms with Crippen LogP contribution in [0, 0.1) is 34.5 Å². The third-order valence-electron chi connectivity index (χ3n) is 15.2. The van der Waals surface area contributed by atoms with E-state index in [4.69, 9.17) is 33.2 Å². The number of hydrogen-bond acceptors (Lipinski definition) is 15. The summed E-state index contributed by atoms with van der Waals surface area (Å²) in [5.41, 5.74) is -1.62. The van der Waals surface area contributed by atoms with Crippen LogP contribution in [0.1, 0.15) is 85.5 Å². The van der Waals surface area contributed by atoms with Gasteiger partial charge >= 0.3 is 11.9 Å². The van der Waals surface area contributed by atoms with Crippen LogP contribution in [0.15, 0.2) is 11.6 Å². The molecule has 3 aliphatic heterocycles. The minimum absolute atomic E-state index is 0.0276. The van der Waals surface area contributed by atoms with Gasteiger partial charge in [0.25, 0.3) is 0 Å². The Morgan fingerprint density at radius 1 is 0.889 bits per heavy atom. The number of ether oxygens (including phenoxy) is 7. The Bertz CT molecular complexity index is 1440. The normalized spacial score (nSPS) is 51.8. The summed E-state index contributed by atoms with van der Waals surface area (Å²) in [5.74, 6) is -0.651. The van der Waals surface area contributed by atoms with Crippen LogP contribution in [0.2, 0.25) is 0 Å². The quantitative estimate of drug-likeness (QED) is 0.179. The minimum Gasteiger partial charge on any atom is -0.458 e. The summed E-state index contributed by atoms with van der Waals surface area (Å²) in [7, 11) is 1.41. The molecule has 0 amide bonds. The first kappa shape index (κ1) is 40.4. The van der Waals surface area contributed by atoms with Crippen LogP contribution in [0.5, 0.6) is 0 Å². The van der Waals surface area contributed by atoms with Gasteiger partial charge in [0.1, 0.15) is 43.2 Å². The van der Waals surface area contributed by atoms with Gasteiger partial charge in [0.2, 0.25) is 0 Å². The highest BCUT2D eigenvalue weighted by Gasteiger charge is 2.70. The highest BCUT2D eigenvalue weighted by atomic mass is 16.8. The lowest BCUT2D eigenvalue weighted by Gasteiger charge is -2.66. The first-order valence-corrected chi connectivity index (χ1v) is 19.7. The Kier molecular flexibility index (Phi) is 11.1.